The summed E-state index contributed by atoms with van der Waals surface area (Å²) in [4.78, 5) is 0. The molecule has 5 heteroatoms. The van der Waals surface area contributed by atoms with Crippen molar-refractivity contribution in [3.63, 3.8) is 0 Å². The molecule has 0 aliphatic carbocycles. The van der Waals surface area contributed by atoms with Crippen LogP contribution in [0.25, 0.3) is 0 Å². The Balaban J connectivity index is 2.14. The lowest BCUT2D eigenvalue weighted by Crippen LogP contribution is -1.99. The Kier molecular flexibility index (Phi) is 3.87. The van der Waals surface area contributed by atoms with Gasteiger partial charge >= 0.3 is 0 Å². The van der Waals surface area contributed by atoms with Crippen molar-refractivity contribution >= 4 is 40.5 Å². The van der Waals surface area contributed by atoms with E-state index in [0.717, 1.165) is 5.56 Å². The van der Waals surface area contributed by atoms with Gasteiger partial charge in [0, 0.05) is 31.0 Å². The number of halogens is 3. The molecular formula is C12H11Cl3N2. The second-order valence-corrected chi connectivity index (χ2v) is 5.03. The molecule has 1 aromatic heterocycles. The minimum Gasteiger partial charge on any atom is -0.378 e. The van der Waals surface area contributed by atoms with E-state index in [-0.39, 0.29) is 0 Å². The van der Waals surface area contributed by atoms with Crippen LogP contribution in [0.1, 0.15) is 5.56 Å². The lowest BCUT2D eigenvalue weighted by atomic mass is 10.3. The highest BCUT2D eigenvalue weighted by molar-refractivity contribution is 6.41. The van der Waals surface area contributed by atoms with Crippen molar-refractivity contribution in [2.45, 2.75) is 6.54 Å². The lowest BCUT2D eigenvalue weighted by Gasteiger charge is -2.10. The Morgan fingerprint density at radius 1 is 1.18 bits per heavy atom. The molecule has 0 unspecified atom stereocenters. The van der Waals surface area contributed by atoms with Gasteiger partial charge in [0.2, 0.25) is 0 Å². The highest BCUT2D eigenvalue weighted by Crippen LogP contribution is 2.33. The summed E-state index contributed by atoms with van der Waals surface area (Å²) in [6.45, 7) is 0.669. The van der Waals surface area contributed by atoms with Crippen LogP contribution in [0.3, 0.4) is 0 Å². The van der Waals surface area contributed by atoms with Crippen LogP contribution in [0.4, 0.5) is 5.69 Å². The number of anilines is 1. The summed E-state index contributed by atoms with van der Waals surface area (Å²) >= 11 is 18.0. The first-order chi connectivity index (χ1) is 8.06. The van der Waals surface area contributed by atoms with Crippen molar-refractivity contribution < 1.29 is 0 Å². The largest absolute Gasteiger partial charge is 0.378 e. The quantitative estimate of drug-likeness (QED) is 0.874. The van der Waals surface area contributed by atoms with Gasteiger partial charge in [0.05, 0.1) is 15.7 Å². The van der Waals surface area contributed by atoms with Gasteiger partial charge in [-0.05, 0) is 23.8 Å². The van der Waals surface area contributed by atoms with Crippen LogP contribution in [0.15, 0.2) is 30.6 Å². The van der Waals surface area contributed by atoms with E-state index in [2.05, 4.69) is 5.32 Å². The zero-order valence-corrected chi connectivity index (χ0v) is 11.4. The summed E-state index contributed by atoms with van der Waals surface area (Å²) in [7, 11) is 1.98. The van der Waals surface area contributed by atoms with Crippen molar-refractivity contribution in [3.05, 3.63) is 51.2 Å². The summed E-state index contributed by atoms with van der Waals surface area (Å²) in [5, 5.41) is 4.79. The van der Waals surface area contributed by atoms with Gasteiger partial charge in [0.25, 0.3) is 0 Å². The van der Waals surface area contributed by atoms with E-state index in [4.69, 9.17) is 34.8 Å². The number of nitrogens with one attached hydrogen (secondary N) is 1. The van der Waals surface area contributed by atoms with Crippen LogP contribution in [0.2, 0.25) is 15.1 Å². The first-order valence-electron chi connectivity index (χ1n) is 5.05. The Bertz CT molecular complexity index is 511. The molecule has 0 bridgehead atoms. The van der Waals surface area contributed by atoms with Gasteiger partial charge in [-0.3, -0.25) is 0 Å². The fourth-order valence-electron chi connectivity index (χ4n) is 1.57. The fourth-order valence-corrected chi connectivity index (χ4v) is 2.52. The first kappa shape index (κ1) is 12.6. The number of hydrogen-bond acceptors (Lipinski definition) is 1. The molecule has 1 aromatic carbocycles. The van der Waals surface area contributed by atoms with Gasteiger partial charge in [-0.25, -0.2) is 0 Å². The standard InChI is InChI=1S/C12H11Cl3N2/c1-17-3-2-8(7-17)6-16-12-10(14)4-9(13)5-11(12)15/h2-5,7,16H,6H2,1H3. The van der Waals surface area contributed by atoms with Crippen LogP contribution in [-0.2, 0) is 13.6 Å². The first-order valence-corrected chi connectivity index (χ1v) is 6.19. The van der Waals surface area contributed by atoms with Gasteiger partial charge in [-0.15, -0.1) is 0 Å². The van der Waals surface area contributed by atoms with Crippen LogP contribution in [0, 0.1) is 0 Å². The van der Waals surface area contributed by atoms with E-state index in [1.807, 2.05) is 30.1 Å². The Morgan fingerprint density at radius 2 is 1.82 bits per heavy atom. The summed E-state index contributed by atoms with van der Waals surface area (Å²) in [6, 6.07) is 5.37. The molecule has 0 saturated heterocycles. The molecule has 2 rings (SSSR count). The molecule has 0 spiro atoms. The molecule has 2 nitrogen and oxygen atoms in total. The van der Waals surface area contributed by atoms with Crippen molar-refractivity contribution in [3.8, 4) is 0 Å². The van der Waals surface area contributed by atoms with Gasteiger partial charge in [-0.2, -0.15) is 0 Å². The van der Waals surface area contributed by atoms with Crippen LogP contribution in [0.5, 0.6) is 0 Å². The normalized spacial score (nSPS) is 10.6. The van der Waals surface area contributed by atoms with Crippen LogP contribution >= 0.6 is 34.8 Å². The van der Waals surface area contributed by atoms with Gasteiger partial charge in [0.1, 0.15) is 0 Å². The highest BCUT2D eigenvalue weighted by atomic mass is 35.5. The Hall–Kier alpha value is -0.830. The second kappa shape index (κ2) is 5.21. The minimum absolute atomic E-state index is 0.526. The highest BCUT2D eigenvalue weighted by Gasteiger charge is 2.07. The van der Waals surface area contributed by atoms with E-state index < -0.39 is 0 Å². The number of benzene rings is 1. The molecule has 0 atom stereocenters. The summed E-state index contributed by atoms with van der Waals surface area (Å²) in [6.07, 6.45) is 4.02. The van der Waals surface area contributed by atoms with Crippen molar-refractivity contribution in [2.24, 2.45) is 7.05 Å². The third-order valence-corrected chi connectivity index (χ3v) is 3.18. The zero-order chi connectivity index (χ0) is 12.4. The summed E-state index contributed by atoms with van der Waals surface area (Å²) in [5.74, 6) is 0. The van der Waals surface area contributed by atoms with Crippen LogP contribution in [-0.4, -0.2) is 4.57 Å². The van der Waals surface area contributed by atoms with Gasteiger partial charge in [0.15, 0.2) is 0 Å². The van der Waals surface area contributed by atoms with Crippen molar-refractivity contribution in [2.75, 3.05) is 5.32 Å². The van der Waals surface area contributed by atoms with E-state index >= 15 is 0 Å². The maximum absolute atomic E-state index is 6.07. The third kappa shape index (κ3) is 3.09. The Labute approximate surface area is 115 Å². The molecule has 0 aliphatic rings. The fraction of sp³-hybridized carbons (Fsp3) is 0.167. The average Bonchev–Trinajstić information content (AvgIpc) is 2.62. The molecule has 2 aromatic rings. The van der Waals surface area contributed by atoms with E-state index in [1.165, 1.54) is 0 Å². The molecule has 0 fully saturated rings. The lowest BCUT2D eigenvalue weighted by molar-refractivity contribution is 0.920. The molecule has 0 aliphatic heterocycles. The monoisotopic (exact) mass is 288 g/mol. The summed E-state index contributed by atoms with van der Waals surface area (Å²) < 4.78 is 1.99. The third-order valence-electron chi connectivity index (χ3n) is 2.37. The smallest absolute Gasteiger partial charge is 0.0722 e. The predicted molar refractivity (Wildman–Crippen MR) is 74.2 cm³/mol. The number of hydrogen-bond donors (Lipinski definition) is 1. The van der Waals surface area contributed by atoms with Crippen LogP contribution < -0.4 is 5.32 Å². The van der Waals surface area contributed by atoms with E-state index in [9.17, 15) is 0 Å². The maximum Gasteiger partial charge on any atom is 0.0722 e. The average molecular weight is 290 g/mol. The SMILES string of the molecule is Cn1ccc(CNc2c(Cl)cc(Cl)cc2Cl)c1. The molecule has 0 radical (unpaired) electrons. The molecule has 1 N–H and O–H groups in total. The number of aromatic nitrogens is 1. The summed E-state index contributed by atoms with van der Waals surface area (Å²) in [5.41, 5.74) is 1.87. The molecule has 17 heavy (non-hydrogen) atoms. The molecule has 90 valence electrons. The second-order valence-electron chi connectivity index (χ2n) is 3.78. The molecular weight excluding hydrogens is 279 g/mol. The predicted octanol–water partition coefficient (Wildman–Crippen LogP) is 4.60. The number of rotatable bonds is 3. The number of aryl methyl sites for hydroxylation is 1. The maximum atomic E-state index is 6.07. The minimum atomic E-state index is 0.526. The van der Waals surface area contributed by atoms with Gasteiger partial charge < -0.3 is 9.88 Å². The Morgan fingerprint density at radius 3 is 2.35 bits per heavy atom. The van der Waals surface area contributed by atoms with E-state index in [1.54, 1.807) is 12.1 Å². The van der Waals surface area contributed by atoms with Crippen molar-refractivity contribution in [1.29, 1.82) is 0 Å². The molecule has 0 saturated carbocycles. The van der Waals surface area contributed by atoms with E-state index in [0.29, 0.717) is 27.3 Å². The zero-order valence-electron chi connectivity index (χ0n) is 9.17. The van der Waals surface area contributed by atoms with Gasteiger partial charge in [-0.1, -0.05) is 34.8 Å². The van der Waals surface area contributed by atoms with Crippen molar-refractivity contribution in [1.82, 2.24) is 4.57 Å². The molecule has 0 amide bonds. The molecule has 1 heterocycles. The number of nitrogens with zero attached hydrogens (tertiary/aromatic N) is 1. The topological polar surface area (TPSA) is 17.0 Å².